The molecule has 0 saturated heterocycles. The van der Waals surface area contributed by atoms with E-state index < -0.39 is 24.5 Å². The van der Waals surface area contributed by atoms with Gasteiger partial charge in [-0.05, 0) is 41.3 Å². The molecule has 0 aliphatic heterocycles. The molecule has 3 aromatic rings. The number of ether oxygens (including phenoxy) is 2. The molecule has 1 aromatic heterocycles. The molecule has 1 N–H and O–H groups in total. The van der Waals surface area contributed by atoms with Crippen LogP contribution in [0.1, 0.15) is 16.5 Å². The number of rotatable bonds is 8. The molecule has 0 bridgehead atoms. The zero-order valence-electron chi connectivity index (χ0n) is 14.8. The summed E-state index contributed by atoms with van der Waals surface area (Å²) >= 11 is 1.47. The van der Waals surface area contributed by atoms with Gasteiger partial charge >= 0.3 is 5.97 Å². The van der Waals surface area contributed by atoms with E-state index in [0.717, 1.165) is 10.4 Å². The number of hydrogen-bond acceptors (Lipinski definition) is 5. The highest BCUT2D eigenvalue weighted by Crippen LogP contribution is 2.26. The van der Waals surface area contributed by atoms with Crippen LogP contribution in [0.5, 0.6) is 5.75 Å². The van der Waals surface area contributed by atoms with Crippen molar-refractivity contribution in [3.8, 4) is 5.75 Å². The van der Waals surface area contributed by atoms with Gasteiger partial charge in [-0.3, -0.25) is 4.79 Å². The van der Waals surface area contributed by atoms with Crippen LogP contribution in [0, 0.1) is 5.82 Å². The van der Waals surface area contributed by atoms with E-state index in [9.17, 15) is 14.0 Å². The number of carbonyl (C=O) groups excluding carboxylic acids is 2. The molecule has 0 spiro atoms. The zero-order chi connectivity index (χ0) is 19.8. The second-order valence-corrected chi connectivity index (χ2v) is 6.81. The number of benzene rings is 2. The van der Waals surface area contributed by atoms with Gasteiger partial charge in [0, 0.05) is 4.88 Å². The molecule has 7 heteroatoms. The lowest BCUT2D eigenvalue weighted by molar-refractivity contribution is -0.150. The van der Waals surface area contributed by atoms with Gasteiger partial charge in [-0.15, -0.1) is 11.3 Å². The van der Waals surface area contributed by atoms with Crippen molar-refractivity contribution in [3.05, 3.63) is 88.4 Å². The number of amides is 1. The summed E-state index contributed by atoms with van der Waals surface area (Å²) in [6.45, 7) is -0.719. The van der Waals surface area contributed by atoms with E-state index in [4.69, 9.17) is 9.47 Å². The fourth-order valence-electron chi connectivity index (χ4n) is 2.48. The molecule has 0 fully saturated rings. The highest BCUT2D eigenvalue weighted by Gasteiger charge is 2.19. The van der Waals surface area contributed by atoms with Gasteiger partial charge in [0.1, 0.15) is 11.6 Å². The van der Waals surface area contributed by atoms with E-state index in [1.54, 1.807) is 36.4 Å². The fourth-order valence-corrected chi connectivity index (χ4v) is 3.28. The summed E-state index contributed by atoms with van der Waals surface area (Å²) in [5, 5.41) is 4.70. The first-order valence-corrected chi connectivity index (χ1v) is 9.41. The van der Waals surface area contributed by atoms with Crippen molar-refractivity contribution < 1.29 is 23.5 Å². The molecule has 1 amide bonds. The van der Waals surface area contributed by atoms with Gasteiger partial charge in [0.05, 0.1) is 6.04 Å². The molecule has 1 atom stereocenters. The Morgan fingerprint density at radius 3 is 2.39 bits per heavy atom. The van der Waals surface area contributed by atoms with Crippen LogP contribution in [0.2, 0.25) is 0 Å². The molecule has 144 valence electrons. The Morgan fingerprint density at radius 1 is 0.964 bits per heavy atom. The molecule has 5 nitrogen and oxygen atoms in total. The maximum absolute atomic E-state index is 13.2. The molecule has 0 radical (unpaired) electrons. The van der Waals surface area contributed by atoms with Crippen molar-refractivity contribution in [1.82, 2.24) is 5.32 Å². The van der Waals surface area contributed by atoms with Crippen LogP contribution >= 0.6 is 11.3 Å². The largest absolute Gasteiger partial charge is 0.482 e. The molecule has 28 heavy (non-hydrogen) atoms. The molecular formula is C21H18FNO4S. The van der Waals surface area contributed by atoms with Crippen molar-refractivity contribution >= 4 is 23.2 Å². The third-order valence-corrected chi connectivity index (χ3v) is 4.74. The van der Waals surface area contributed by atoms with Gasteiger partial charge < -0.3 is 14.8 Å². The monoisotopic (exact) mass is 399 g/mol. The van der Waals surface area contributed by atoms with E-state index in [2.05, 4.69) is 5.32 Å². The average Bonchev–Trinajstić information content (AvgIpc) is 3.25. The molecule has 0 aliphatic rings. The molecule has 2 aromatic carbocycles. The highest BCUT2D eigenvalue weighted by molar-refractivity contribution is 7.10. The number of nitrogens with one attached hydrogen (secondary N) is 1. The van der Waals surface area contributed by atoms with Crippen LogP contribution in [-0.4, -0.2) is 25.1 Å². The lowest BCUT2D eigenvalue weighted by Crippen LogP contribution is -2.33. The molecular weight excluding hydrogens is 381 g/mol. The smallest absolute Gasteiger partial charge is 0.344 e. The number of halogens is 1. The topological polar surface area (TPSA) is 64.6 Å². The molecule has 0 aliphatic carbocycles. The summed E-state index contributed by atoms with van der Waals surface area (Å²) in [6, 6.07) is 18.0. The Balaban J connectivity index is 1.54. The van der Waals surface area contributed by atoms with Gasteiger partial charge in [-0.1, -0.05) is 36.4 Å². The van der Waals surface area contributed by atoms with Crippen LogP contribution in [0.25, 0.3) is 0 Å². The first-order chi connectivity index (χ1) is 13.6. The second-order valence-electron chi connectivity index (χ2n) is 5.83. The summed E-state index contributed by atoms with van der Waals surface area (Å²) in [4.78, 5) is 24.9. The predicted octanol–water partition coefficient (Wildman–Crippen LogP) is 3.72. The van der Waals surface area contributed by atoms with E-state index in [0.29, 0.717) is 5.75 Å². The molecule has 3 rings (SSSR count). The minimum absolute atomic E-state index is 0.288. The van der Waals surface area contributed by atoms with Gasteiger partial charge in [-0.25, -0.2) is 9.18 Å². The van der Waals surface area contributed by atoms with Crippen LogP contribution in [0.3, 0.4) is 0 Å². The zero-order valence-corrected chi connectivity index (χ0v) is 15.7. The van der Waals surface area contributed by atoms with E-state index in [-0.39, 0.29) is 12.4 Å². The summed E-state index contributed by atoms with van der Waals surface area (Å²) in [5.74, 6) is -0.922. The van der Waals surface area contributed by atoms with Crippen LogP contribution < -0.4 is 10.1 Å². The maximum Gasteiger partial charge on any atom is 0.344 e. The lowest BCUT2D eigenvalue weighted by Gasteiger charge is -2.18. The van der Waals surface area contributed by atoms with Crippen LogP contribution in [0.15, 0.2) is 72.1 Å². The Labute approximate surface area is 165 Å². The lowest BCUT2D eigenvalue weighted by atomic mass is 10.1. The summed E-state index contributed by atoms with van der Waals surface area (Å²) in [5.41, 5.74) is 0.732. The number of hydrogen-bond donors (Lipinski definition) is 1. The second kappa shape index (κ2) is 9.66. The number of esters is 1. The first kappa shape index (κ1) is 19.6. The van der Waals surface area contributed by atoms with E-state index in [1.807, 2.05) is 23.6 Å². The van der Waals surface area contributed by atoms with Gasteiger partial charge in [0.2, 0.25) is 0 Å². The van der Waals surface area contributed by atoms with Crippen molar-refractivity contribution in [2.24, 2.45) is 0 Å². The van der Waals surface area contributed by atoms with E-state index >= 15 is 0 Å². The van der Waals surface area contributed by atoms with Crippen molar-refractivity contribution in [2.45, 2.75) is 6.04 Å². The highest BCUT2D eigenvalue weighted by atomic mass is 32.1. The summed E-state index contributed by atoms with van der Waals surface area (Å²) in [7, 11) is 0. The Hall–Kier alpha value is -3.19. The Bertz CT molecular complexity index is 898. The standard InChI is InChI=1S/C21H18FNO4S/c22-16-10-8-15(9-11-16)21(18-7-4-12-28-18)23-19(24)13-27-20(25)14-26-17-5-2-1-3-6-17/h1-12,21H,13-14H2,(H,23,24)/t21-/m1/s1. The average molecular weight is 399 g/mol. The van der Waals surface area contributed by atoms with E-state index in [1.165, 1.54) is 23.5 Å². The summed E-state index contributed by atoms with van der Waals surface area (Å²) in [6.07, 6.45) is 0. The quantitative estimate of drug-likeness (QED) is 0.587. The third-order valence-electron chi connectivity index (χ3n) is 3.80. The normalized spacial score (nSPS) is 11.5. The van der Waals surface area contributed by atoms with Gasteiger partial charge in [0.15, 0.2) is 13.2 Å². The molecule has 0 saturated carbocycles. The molecule has 1 heterocycles. The minimum atomic E-state index is -0.645. The SMILES string of the molecule is O=C(COC(=O)COc1ccccc1)N[C@H](c1ccc(F)cc1)c1cccs1. The number of para-hydroxylation sites is 1. The number of thiophene rings is 1. The predicted molar refractivity (Wildman–Crippen MR) is 104 cm³/mol. The Kier molecular flexibility index (Phi) is 6.75. The van der Waals surface area contributed by atoms with Gasteiger partial charge in [0.25, 0.3) is 5.91 Å². The van der Waals surface area contributed by atoms with Crippen molar-refractivity contribution in [1.29, 1.82) is 0 Å². The first-order valence-electron chi connectivity index (χ1n) is 8.53. The third kappa shape index (κ3) is 5.65. The van der Waals surface area contributed by atoms with Crippen LogP contribution in [-0.2, 0) is 14.3 Å². The Morgan fingerprint density at radius 2 is 1.71 bits per heavy atom. The fraction of sp³-hybridized carbons (Fsp3) is 0.143. The molecule has 0 unspecified atom stereocenters. The minimum Gasteiger partial charge on any atom is -0.482 e. The van der Waals surface area contributed by atoms with Crippen molar-refractivity contribution in [2.75, 3.05) is 13.2 Å². The van der Waals surface area contributed by atoms with Gasteiger partial charge in [-0.2, -0.15) is 0 Å². The van der Waals surface area contributed by atoms with Crippen LogP contribution in [0.4, 0.5) is 4.39 Å². The summed E-state index contributed by atoms with van der Waals surface area (Å²) < 4.78 is 23.5. The number of carbonyl (C=O) groups is 2. The van der Waals surface area contributed by atoms with Crippen molar-refractivity contribution in [3.63, 3.8) is 0 Å². The maximum atomic E-state index is 13.2.